The van der Waals surface area contributed by atoms with Crippen LogP contribution >= 0.6 is 11.3 Å². The molecule has 124 valence electrons. The van der Waals surface area contributed by atoms with E-state index in [1.54, 1.807) is 0 Å². The molecule has 1 aliphatic carbocycles. The lowest BCUT2D eigenvalue weighted by Gasteiger charge is -2.18. The number of allylic oxidation sites excluding steroid dienone is 1. The van der Waals surface area contributed by atoms with E-state index in [9.17, 15) is 4.79 Å². The number of anilines is 1. The van der Waals surface area contributed by atoms with Crippen molar-refractivity contribution in [3.8, 4) is 0 Å². The van der Waals surface area contributed by atoms with Crippen LogP contribution < -0.4 is 10.6 Å². The molecule has 0 spiro atoms. The zero-order chi connectivity index (χ0) is 17.2. The SMILES string of the molecule is C=N/C(NC1(C)CC1)=C(\C)C(C(=O)Nc1csc(C)n1)=C(C)C. The van der Waals surface area contributed by atoms with Crippen molar-refractivity contribution < 1.29 is 4.79 Å². The summed E-state index contributed by atoms with van der Waals surface area (Å²) in [6.07, 6.45) is 2.21. The smallest absolute Gasteiger partial charge is 0.257 e. The van der Waals surface area contributed by atoms with Crippen molar-refractivity contribution in [1.29, 1.82) is 0 Å². The highest BCUT2D eigenvalue weighted by Gasteiger charge is 2.38. The first-order valence-electron chi connectivity index (χ1n) is 7.63. The molecule has 1 amide bonds. The summed E-state index contributed by atoms with van der Waals surface area (Å²) >= 11 is 1.51. The molecule has 2 rings (SSSR count). The lowest BCUT2D eigenvalue weighted by molar-refractivity contribution is -0.112. The maximum absolute atomic E-state index is 12.7. The summed E-state index contributed by atoms with van der Waals surface area (Å²) in [7, 11) is 0. The number of aryl methyl sites for hydroxylation is 1. The van der Waals surface area contributed by atoms with Gasteiger partial charge in [-0.1, -0.05) is 5.57 Å². The number of thiazole rings is 1. The van der Waals surface area contributed by atoms with Crippen LogP contribution in [0.25, 0.3) is 0 Å². The molecule has 0 unspecified atom stereocenters. The Balaban J connectivity index is 2.27. The first kappa shape index (κ1) is 17.4. The van der Waals surface area contributed by atoms with E-state index >= 15 is 0 Å². The Kier molecular flexibility index (Phi) is 5.04. The molecule has 1 saturated carbocycles. The van der Waals surface area contributed by atoms with Gasteiger partial charge in [0.2, 0.25) is 0 Å². The second-order valence-corrected chi connectivity index (χ2v) is 7.46. The fourth-order valence-corrected chi connectivity index (χ4v) is 2.89. The van der Waals surface area contributed by atoms with Gasteiger partial charge in [0, 0.05) is 22.1 Å². The molecule has 1 aromatic heterocycles. The topological polar surface area (TPSA) is 66.4 Å². The van der Waals surface area contributed by atoms with Gasteiger partial charge in [0.1, 0.15) is 11.6 Å². The summed E-state index contributed by atoms with van der Waals surface area (Å²) in [4.78, 5) is 21.1. The maximum Gasteiger partial charge on any atom is 0.257 e. The lowest BCUT2D eigenvalue weighted by Crippen LogP contribution is -2.28. The highest BCUT2D eigenvalue weighted by Crippen LogP contribution is 2.36. The normalized spacial score (nSPS) is 16.2. The van der Waals surface area contributed by atoms with E-state index in [1.807, 2.05) is 33.1 Å². The molecule has 0 bridgehead atoms. The number of amides is 1. The predicted molar refractivity (Wildman–Crippen MR) is 96.9 cm³/mol. The molecule has 0 aliphatic heterocycles. The Morgan fingerprint density at radius 1 is 1.39 bits per heavy atom. The summed E-state index contributed by atoms with van der Waals surface area (Å²) in [5, 5.41) is 9.02. The van der Waals surface area contributed by atoms with E-state index in [1.165, 1.54) is 11.3 Å². The number of nitrogens with one attached hydrogen (secondary N) is 2. The van der Waals surface area contributed by atoms with Gasteiger partial charge >= 0.3 is 0 Å². The summed E-state index contributed by atoms with van der Waals surface area (Å²) in [5.74, 6) is 1.08. The molecular weight excluding hydrogens is 308 g/mol. The third-order valence-corrected chi connectivity index (χ3v) is 4.67. The van der Waals surface area contributed by atoms with Crippen LogP contribution in [0.3, 0.4) is 0 Å². The molecule has 5 nitrogen and oxygen atoms in total. The Morgan fingerprint density at radius 3 is 2.48 bits per heavy atom. The molecule has 0 atom stereocenters. The first-order chi connectivity index (χ1) is 10.8. The van der Waals surface area contributed by atoms with Gasteiger partial charge in [0.15, 0.2) is 0 Å². The minimum Gasteiger partial charge on any atom is -0.365 e. The van der Waals surface area contributed by atoms with Gasteiger partial charge < -0.3 is 10.6 Å². The molecule has 0 saturated heterocycles. The molecule has 23 heavy (non-hydrogen) atoms. The van der Waals surface area contributed by atoms with Crippen molar-refractivity contribution in [2.24, 2.45) is 4.99 Å². The average molecular weight is 332 g/mol. The number of rotatable bonds is 6. The number of hydrogen-bond acceptors (Lipinski definition) is 5. The summed E-state index contributed by atoms with van der Waals surface area (Å²) in [6, 6.07) is 0. The number of aliphatic imine (C=N–C) groups is 1. The van der Waals surface area contributed by atoms with Crippen LogP contribution in [0.15, 0.2) is 32.9 Å². The van der Waals surface area contributed by atoms with Crippen LogP contribution in [0.1, 0.15) is 45.5 Å². The molecular formula is C17H24N4OS. The monoisotopic (exact) mass is 332 g/mol. The van der Waals surface area contributed by atoms with Crippen LogP contribution in [-0.4, -0.2) is 23.1 Å². The van der Waals surface area contributed by atoms with E-state index < -0.39 is 0 Å². The number of carbonyl (C=O) groups excluding carboxylic acids is 1. The molecule has 0 radical (unpaired) electrons. The van der Waals surface area contributed by atoms with Crippen LogP contribution in [0.5, 0.6) is 0 Å². The van der Waals surface area contributed by atoms with Crippen molar-refractivity contribution in [2.45, 2.75) is 53.0 Å². The summed E-state index contributed by atoms with van der Waals surface area (Å²) in [5.41, 5.74) is 2.43. The third kappa shape index (κ3) is 4.28. The zero-order valence-electron chi connectivity index (χ0n) is 14.4. The lowest BCUT2D eigenvalue weighted by atomic mass is 10.0. The van der Waals surface area contributed by atoms with E-state index in [0.717, 1.165) is 29.0 Å². The highest BCUT2D eigenvalue weighted by molar-refractivity contribution is 7.09. The second-order valence-electron chi connectivity index (χ2n) is 6.40. The van der Waals surface area contributed by atoms with Crippen molar-refractivity contribution in [2.75, 3.05) is 5.32 Å². The van der Waals surface area contributed by atoms with Gasteiger partial charge in [-0.25, -0.2) is 9.98 Å². The van der Waals surface area contributed by atoms with Crippen molar-refractivity contribution in [3.05, 3.63) is 32.9 Å². The van der Waals surface area contributed by atoms with E-state index in [2.05, 4.69) is 34.3 Å². The van der Waals surface area contributed by atoms with E-state index in [4.69, 9.17) is 0 Å². The number of carbonyl (C=O) groups is 1. The van der Waals surface area contributed by atoms with Crippen LogP contribution in [-0.2, 0) is 4.79 Å². The van der Waals surface area contributed by atoms with Gasteiger partial charge in [-0.2, -0.15) is 0 Å². The number of hydrogen-bond donors (Lipinski definition) is 2. The van der Waals surface area contributed by atoms with E-state index in [0.29, 0.717) is 17.2 Å². The average Bonchev–Trinajstić information content (AvgIpc) is 3.05. The fourth-order valence-electron chi connectivity index (χ4n) is 2.34. The van der Waals surface area contributed by atoms with Crippen LogP contribution in [0.4, 0.5) is 5.82 Å². The number of nitrogens with zero attached hydrogens (tertiary/aromatic N) is 2. The Morgan fingerprint density at radius 2 is 2.04 bits per heavy atom. The molecule has 1 aromatic rings. The largest absolute Gasteiger partial charge is 0.365 e. The van der Waals surface area contributed by atoms with Crippen LogP contribution in [0.2, 0.25) is 0 Å². The molecule has 1 aliphatic rings. The number of aromatic nitrogens is 1. The van der Waals surface area contributed by atoms with Crippen molar-refractivity contribution >= 4 is 29.8 Å². The summed E-state index contributed by atoms with van der Waals surface area (Å²) < 4.78 is 0. The first-order valence-corrected chi connectivity index (χ1v) is 8.51. The molecule has 6 heteroatoms. The molecule has 2 N–H and O–H groups in total. The predicted octanol–water partition coefficient (Wildman–Crippen LogP) is 3.80. The molecule has 1 fully saturated rings. The maximum atomic E-state index is 12.7. The standard InChI is InChI=1S/C17H24N4OS/c1-10(2)14(16(22)20-13-9-23-12(4)19-13)11(3)15(18-6)21-17(5)7-8-17/h9,21H,6-8H2,1-5H3,(H,20,22)/b15-11-. The second kappa shape index (κ2) is 6.66. The van der Waals surface area contributed by atoms with Gasteiger partial charge in [-0.05, 0) is 54.2 Å². The fraction of sp³-hybridized carbons (Fsp3) is 0.471. The minimum absolute atomic E-state index is 0.0764. The van der Waals surface area contributed by atoms with Crippen molar-refractivity contribution in [3.63, 3.8) is 0 Å². The molecule has 0 aromatic carbocycles. The van der Waals surface area contributed by atoms with Gasteiger partial charge in [-0.15, -0.1) is 11.3 Å². The van der Waals surface area contributed by atoms with Gasteiger partial charge in [-0.3, -0.25) is 4.79 Å². The Bertz CT molecular complexity index is 691. The van der Waals surface area contributed by atoms with E-state index in [-0.39, 0.29) is 11.4 Å². The van der Waals surface area contributed by atoms with Crippen molar-refractivity contribution in [1.82, 2.24) is 10.3 Å². The minimum atomic E-state index is -0.170. The highest BCUT2D eigenvalue weighted by atomic mass is 32.1. The Labute approximate surface area is 141 Å². The molecule has 1 heterocycles. The van der Waals surface area contributed by atoms with Crippen LogP contribution in [0, 0.1) is 6.92 Å². The van der Waals surface area contributed by atoms with Gasteiger partial charge in [0.25, 0.3) is 5.91 Å². The summed E-state index contributed by atoms with van der Waals surface area (Å²) in [6.45, 7) is 13.4. The zero-order valence-corrected chi connectivity index (χ0v) is 15.2. The van der Waals surface area contributed by atoms with Gasteiger partial charge in [0.05, 0.1) is 5.01 Å². The Hall–Kier alpha value is -1.95. The third-order valence-electron chi connectivity index (χ3n) is 3.90. The quantitative estimate of drug-likeness (QED) is 0.473.